The van der Waals surface area contributed by atoms with Gasteiger partial charge in [0.1, 0.15) is 0 Å². The number of hydrogen-bond donors (Lipinski definition) is 1. The number of rotatable bonds is 6. The summed E-state index contributed by atoms with van der Waals surface area (Å²) in [6, 6.07) is 11.8. The standard InChI is InChI=1S/C22H34N4/c1-2-23-22(24-15-20-11-12-25(17-20)21-8-9-21)26-13-10-19(16-26)14-18-6-4-3-5-7-18/h3-7,19-21H,2,8-17H2,1H3,(H,23,24). The SMILES string of the molecule is CCNC(=NCC1CCN(C2CC2)C1)N1CCC(Cc2ccccc2)C1. The van der Waals surface area contributed by atoms with Gasteiger partial charge in [0.25, 0.3) is 0 Å². The quantitative estimate of drug-likeness (QED) is 0.629. The molecular weight excluding hydrogens is 320 g/mol. The maximum absolute atomic E-state index is 5.04. The zero-order valence-corrected chi connectivity index (χ0v) is 16.2. The molecule has 3 fully saturated rings. The summed E-state index contributed by atoms with van der Waals surface area (Å²) in [5.74, 6) is 2.65. The smallest absolute Gasteiger partial charge is 0.193 e. The molecule has 1 N–H and O–H groups in total. The highest BCUT2D eigenvalue weighted by Gasteiger charge is 2.34. The van der Waals surface area contributed by atoms with Crippen LogP contribution < -0.4 is 5.32 Å². The lowest BCUT2D eigenvalue weighted by molar-refractivity contribution is 0.315. The van der Waals surface area contributed by atoms with Crippen LogP contribution in [0, 0.1) is 11.8 Å². The molecule has 3 aliphatic rings. The van der Waals surface area contributed by atoms with Crippen molar-refractivity contribution in [3.8, 4) is 0 Å². The van der Waals surface area contributed by atoms with E-state index in [0.717, 1.165) is 50.0 Å². The third-order valence-electron chi connectivity index (χ3n) is 6.17. The van der Waals surface area contributed by atoms with Gasteiger partial charge in [0.2, 0.25) is 0 Å². The van der Waals surface area contributed by atoms with E-state index in [2.05, 4.69) is 52.4 Å². The van der Waals surface area contributed by atoms with E-state index >= 15 is 0 Å². The summed E-state index contributed by atoms with van der Waals surface area (Å²) in [6.45, 7) is 8.97. The van der Waals surface area contributed by atoms with Crippen LogP contribution in [-0.2, 0) is 6.42 Å². The number of hydrogen-bond acceptors (Lipinski definition) is 2. The first kappa shape index (κ1) is 17.8. The summed E-state index contributed by atoms with van der Waals surface area (Å²) in [7, 11) is 0. The minimum Gasteiger partial charge on any atom is -0.357 e. The van der Waals surface area contributed by atoms with Gasteiger partial charge in [-0.3, -0.25) is 4.99 Å². The molecule has 1 aromatic carbocycles. The fraction of sp³-hybridized carbons (Fsp3) is 0.682. The second kappa shape index (κ2) is 8.43. The Morgan fingerprint density at radius 2 is 1.85 bits per heavy atom. The van der Waals surface area contributed by atoms with Crippen LogP contribution in [0.3, 0.4) is 0 Å². The molecule has 1 aromatic rings. The number of nitrogens with zero attached hydrogens (tertiary/aromatic N) is 3. The minimum atomic E-state index is 0.748. The Balaban J connectivity index is 1.30. The van der Waals surface area contributed by atoms with Crippen molar-refractivity contribution < 1.29 is 0 Å². The Kier molecular flexibility index (Phi) is 5.78. The van der Waals surface area contributed by atoms with Gasteiger partial charge in [-0.05, 0) is 63.0 Å². The van der Waals surface area contributed by atoms with Gasteiger partial charge in [0.15, 0.2) is 5.96 Å². The molecule has 2 unspecified atom stereocenters. The number of likely N-dealkylation sites (tertiary alicyclic amines) is 2. The molecule has 0 aromatic heterocycles. The average Bonchev–Trinajstić information content (AvgIpc) is 3.23. The molecule has 4 rings (SSSR count). The van der Waals surface area contributed by atoms with E-state index in [1.165, 1.54) is 50.8 Å². The maximum Gasteiger partial charge on any atom is 0.193 e. The molecule has 2 saturated heterocycles. The topological polar surface area (TPSA) is 30.9 Å². The Morgan fingerprint density at radius 1 is 1.04 bits per heavy atom. The van der Waals surface area contributed by atoms with Crippen molar-refractivity contribution in [2.24, 2.45) is 16.8 Å². The highest BCUT2D eigenvalue weighted by molar-refractivity contribution is 5.80. The van der Waals surface area contributed by atoms with E-state index in [4.69, 9.17) is 4.99 Å². The molecule has 0 bridgehead atoms. The first-order chi connectivity index (χ1) is 12.8. The monoisotopic (exact) mass is 354 g/mol. The normalized spacial score (nSPS) is 27.3. The van der Waals surface area contributed by atoms with Crippen molar-refractivity contribution in [3.05, 3.63) is 35.9 Å². The third kappa shape index (κ3) is 4.59. The fourth-order valence-corrected chi connectivity index (χ4v) is 4.56. The first-order valence-electron chi connectivity index (χ1n) is 10.6. The minimum absolute atomic E-state index is 0.748. The van der Waals surface area contributed by atoms with Gasteiger partial charge in [-0.1, -0.05) is 30.3 Å². The van der Waals surface area contributed by atoms with Crippen molar-refractivity contribution in [3.63, 3.8) is 0 Å². The number of benzene rings is 1. The Morgan fingerprint density at radius 3 is 2.62 bits per heavy atom. The summed E-state index contributed by atoms with van der Waals surface area (Å²) in [5, 5.41) is 3.54. The molecule has 1 aliphatic carbocycles. The summed E-state index contributed by atoms with van der Waals surface area (Å²) < 4.78 is 0. The van der Waals surface area contributed by atoms with Crippen molar-refractivity contribution in [1.82, 2.24) is 15.1 Å². The summed E-state index contributed by atoms with van der Waals surface area (Å²) >= 11 is 0. The first-order valence-corrected chi connectivity index (χ1v) is 10.6. The van der Waals surface area contributed by atoms with Gasteiger partial charge in [-0.2, -0.15) is 0 Å². The average molecular weight is 355 g/mol. The summed E-state index contributed by atoms with van der Waals surface area (Å²) in [6.07, 6.45) is 6.65. The molecule has 0 radical (unpaired) electrons. The van der Waals surface area contributed by atoms with Crippen LogP contribution >= 0.6 is 0 Å². The fourth-order valence-electron chi connectivity index (χ4n) is 4.56. The van der Waals surface area contributed by atoms with Gasteiger partial charge in [0, 0.05) is 38.8 Å². The van der Waals surface area contributed by atoms with Gasteiger partial charge >= 0.3 is 0 Å². The molecule has 0 amide bonds. The molecule has 2 aliphatic heterocycles. The van der Waals surface area contributed by atoms with Crippen LogP contribution in [0.25, 0.3) is 0 Å². The van der Waals surface area contributed by atoms with Gasteiger partial charge in [-0.25, -0.2) is 0 Å². The molecule has 26 heavy (non-hydrogen) atoms. The van der Waals surface area contributed by atoms with Crippen LogP contribution in [0.5, 0.6) is 0 Å². The van der Waals surface area contributed by atoms with Crippen LogP contribution in [0.2, 0.25) is 0 Å². The van der Waals surface area contributed by atoms with Crippen molar-refractivity contribution in [2.75, 3.05) is 39.3 Å². The highest BCUT2D eigenvalue weighted by atomic mass is 15.3. The van der Waals surface area contributed by atoms with Gasteiger partial charge < -0.3 is 15.1 Å². The van der Waals surface area contributed by atoms with Crippen molar-refractivity contribution >= 4 is 5.96 Å². The lowest BCUT2D eigenvalue weighted by Gasteiger charge is -2.22. The Bertz CT molecular complexity index is 595. The van der Waals surface area contributed by atoms with Crippen LogP contribution in [0.15, 0.2) is 35.3 Å². The second-order valence-electron chi connectivity index (χ2n) is 8.37. The molecule has 142 valence electrons. The van der Waals surface area contributed by atoms with E-state index in [1.807, 2.05) is 0 Å². The van der Waals surface area contributed by atoms with Gasteiger partial charge in [0.05, 0.1) is 0 Å². The van der Waals surface area contributed by atoms with E-state index in [9.17, 15) is 0 Å². The van der Waals surface area contributed by atoms with E-state index in [1.54, 1.807) is 0 Å². The summed E-state index contributed by atoms with van der Waals surface area (Å²) in [5.41, 5.74) is 1.47. The van der Waals surface area contributed by atoms with Crippen LogP contribution in [0.4, 0.5) is 0 Å². The van der Waals surface area contributed by atoms with Crippen LogP contribution in [-0.4, -0.2) is 61.1 Å². The largest absolute Gasteiger partial charge is 0.357 e. The molecule has 2 atom stereocenters. The molecule has 1 saturated carbocycles. The molecular formula is C22H34N4. The molecule has 2 heterocycles. The van der Waals surface area contributed by atoms with E-state index in [0.29, 0.717) is 0 Å². The molecule has 4 nitrogen and oxygen atoms in total. The predicted octanol–water partition coefficient (Wildman–Crippen LogP) is 3.00. The van der Waals surface area contributed by atoms with E-state index < -0.39 is 0 Å². The Labute approximate surface area is 158 Å². The number of nitrogens with one attached hydrogen (secondary N) is 1. The highest BCUT2D eigenvalue weighted by Crippen LogP contribution is 2.31. The van der Waals surface area contributed by atoms with Crippen molar-refractivity contribution in [1.29, 1.82) is 0 Å². The van der Waals surface area contributed by atoms with Crippen molar-refractivity contribution in [2.45, 2.75) is 45.1 Å². The van der Waals surface area contributed by atoms with Gasteiger partial charge in [-0.15, -0.1) is 0 Å². The molecule has 4 heteroatoms. The summed E-state index contributed by atoms with van der Waals surface area (Å²) in [4.78, 5) is 10.2. The van der Waals surface area contributed by atoms with Crippen LogP contribution in [0.1, 0.15) is 38.2 Å². The van der Waals surface area contributed by atoms with E-state index in [-0.39, 0.29) is 0 Å². The number of aliphatic imine (C=N–C) groups is 1. The molecule has 0 spiro atoms. The zero-order chi connectivity index (χ0) is 17.8. The zero-order valence-electron chi connectivity index (χ0n) is 16.2. The third-order valence-corrected chi connectivity index (χ3v) is 6.17. The Hall–Kier alpha value is -1.55. The lowest BCUT2D eigenvalue weighted by atomic mass is 9.99. The maximum atomic E-state index is 5.04. The predicted molar refractivity (Wildman–Crippen MR) is 109 cm³/mol. The second-order valence-corrected chi connectivity index (χ2v) is 8.37. The number of guanidine groups is 1. The lowest BCUT2D eigenvalue weighted by Crippen LogP contribution is -2.40.